The number of carboxylic acid groups (broad SMARTS) is 1. The Morgan fingerprint density at radius 2 is 1.66 bits per heavy atom. The number of rotatable bonds is 11. The maximum atomic E-state index is 10.9. The predicted octanol–water partition coefficient (Wildman–Crippen LogP) is 1.46. The summed E-state index contributed by atoms with van der Waals surface area (Å²) in [5.74, 6) is -1.10. The highest BCUT2D eigenvalue weighted by Gasteiger charge is 2.25. The molecule has 0 aliphatic carbocycles. The summed E-state index contributed by atoms with van der Waals surface area (Å²) in [7, 11) is -2.18. The van der Waals surface area contributed by atoms with Crippen LogP contribution in [0, 0.1) is 0 Å². The third-order valence-corrected chi connectivity index (χ3v) is 4.53. The van der Waals surface area contributed by atoms with Gasteiger partial charge in [-0.15, -0.1) is 0 Å². The van der Waals surface area contributed by atoms with E-state index in [1.54, 1.807) is 6.07 Å². The van der Waals surface area contributed by atoms with Crippen LogP contribution in [0.2, 0.25) is 0 Å². The van der Waals surface area contributed by atoms with E-state index in [0.29, 0.717) is 5.56 Å². The summed E-state index contributed by atoms with van der Waals surface area (Å²) in [6, 6.07) is 8.27. The normalized spacial score (nSPS) is 13.4. The van der Waals surface area contributed by atoms with Crippen molar-refractivity contribution in [2.75, 3.05) is 20.8 Å². The molecule has 4 N–H and O–H groups in total. The summed E-state index contributed by atoms with van der Waals surface area (Å²) >= 11 is 0. The fraction of sp³-hybridized carbons (Fsp3) is 0.250. The van der Waals surface area contributed by atoms with Gasteiger partial charge >= 0.3 is 16.4 Å². The lowest BCUT2D eigenvalue weighted by Crippen LogP contribution is -2.29. The van der Waals surface area contributed by atoms with Crippen molar-refractivity contribution in [3.8, 4) is 23.0 Å². The van der Waals surface area contributed by atoms with Crippen molar-refractivity contribution in [2.45, 2.75) is 12.2 Å². The average Bonchev–Trinajstić information content (AvgIpc) is 2.75. The van der Waals surface area contributed by atoms with E-state index in [4.69, 9.17) is 23.9 Å². The lowest BCUT2D eigenvalue weighted by molar-refractivity contribution is -0.131. The number of hydrogen-bond donors (Lipinski definition) is 4. The molecule has 2 rings (SSSR count). The quantitative estimate of drug-likeness (QED) is 0.277. The number of carbonyl (C=O) groups is 1. The molecule has 12 heteroatoms. The first kappa shape index (κ1) is 24.9. The molecule has 0 saturated heterocycles. The second-order valence-electron chi connectivity index (χ2n) is 6.29. The number of carboxylic acids is 1. The van der Waals surface area contributed by atoms with Crippen molar-refractivity contribution in [1.29, 1.82) is 0 Å². The second-order valence-corrected chi connectivity index (χ2v) is 7.31. The molecule has 0 aliphatic heterocycles. The van der Waals surface area contributed by atoms with Crippen LogP contribution in [0.25, 0.3) is 6.08 Å². The van der Waals surface area contributed by atoms with Crippen LogP contribution in [-0.4, -0.2) is 61.2 Å². The molecule has 11 nitrogen and oxygen atoms in total. The molecule has 2 aromatic carbocycles. The Hall–Kier alpha value is -3.32. The molecule has 0 fully saturated rings. The lowest BCUT2D eigenvalue weighted by Gasteiger charge is -2.24. The van der Waals surface area contributed by atoms with Gasteiger partial charge in [0, 0.05) is 6.08 Å². The first-order valence-electron chi connectivity index (χ1n) is 8.97. The molecule has 0 aromatic heterocycles. The van der Waals surface area contributed by atoms with Gasteiger partial charge in [0.05, 0.1) is 20.8 Å². The minimum Gasteiger partial charge on any atom is -0.493 e. The fourth-order valence-electron chi connectivity index (χ4n) is 2.68. The molecule has 0 spiro atoms. The molecule has 0 heterocycles. The van der Waals surface area contributed by atoms with Crippen LogP contribution < -0.4 is 18.4 Å². The molecule has 0 aliphatic rings. The Morgan fingerprint density at radius 1 is 1.03 bits per heavy atom. The molecular formula is C20H22O11S. The van der Waals surface area contributed by atoms with Crippen LogP contribution in [0.5, 0.6) is 23.0 Å². The Labute approximate surface area is 184 Å². The van der Waals surface area contributed by atoms with E-state index in [0.717, 1.165) is 12.1 Å². The van der Waals surface area contributed by atoms with Gasteiger partial charge in [-0.2, -0.15) is 8.42 Å². The van der Waals surface area contributed by atoms with Gasteiger partial charge in [0.25, 0.3) is 0 Å². The maximum absolute atomic E-state index is 10.9. The van der Waals surface area contributed by atoms with Crippen LogP contribution in [0.4, 0.5) is 0 Å². The molecule has 174 valence electrons. The Balaban J connectivity index is 2.28. The van der Waals surface area contributed by atoms with Gasteiger partial charge in [-0.1, -0.05) is 12.1 Å². The zero-order chi connectivity index (χ0) is 23.9. The van der Waals surface area contributed by atoms with Crippen LogP contribution >= 0.6 is 0 Å². The Kier molecular flexibility index (Phi) is 8.43. The highest BCUT2D eigenvalue weighted by atomic mass is 32.3. The molecule has 0 radical (unpaired) electrons. The number of hydrogen-bond acceptors (Lipinski definition) is 9. The smallest absolute Gasteiger partial charge is 0.446 e. The SMILES string of the molecule is COc1cc(/C=C/C(=O)O)ccc1OC(CO)C(O)c1ccc(OS(=O)(=O)O)c(OC)c1. The van der Waals surface area contributed by atoms with E-state index < -0.39 is 35.2 Å². The zero-order valence-electron chi connectivity index (χ0n) is 17.0. The largest absolute Gasteiger partial charge is 0.493 e. The zero-order valence-corrected chi connectivity index (χ0v) is 17.9. The summed E-state index contributed by atoms with van der Waals surface area (Å²) < 4.78 is 51.1. The van der Waals surface area contributed by atoms with Gasteiger partial charge in [0.1, 0.15) is 6.10 Å². The molecule has 0 amide bonds. The average molecular weight is 470 g/mol. The molecule has 0 saturated carbocycles. The maximum Gasteiger partial charge on any atom is 0.446 e. The van der Waals surface area contributed by atoms with Crippen molar-refractivity contribution >= 4 is 22.4 Å². The second kappa shape index (κ2) is 10.8. The van der Waals surface area contributed by atoms with Crippen molar-refractivity contribution in [3.05, 3.63) is 53.6 Å². The summed E-state index contributed by atoms with van der Waals surface area (Å²) in [5, 5.41) is 29.2. The van der Waals surface area contributed by atoms with Crippen LogP contribution in [0.3, 0.4) is 0 Å². The first-order chi connectivity index (χ1) is 15.1. The number of aliphatic carboxylic acids is 1. The Morgan fingerprint density at radius 3 is 2.22 bits per heavy atom. The van der Waals surface area contributed by atoms with Gasteiger partial charge < -0.3 is 33.7 Å². The topological polar surface area (TPSA) is 169 Å². The third-order valence-electron chi connectivity index (χ3n) is 4.14. The minimum absolute atomic E-state index is 0.0944. The minimum atomic E-state index is -4.78. The van der Waals surface area contributed by atoms with E-state index in [1.807, 2.05) is 0 Å². The summed E-state index contributed by atoms with van der Waals surface area (Å²) in [4.78, 5) is 10.7. The van der Waals surface area contributed by atoms with E-state index in [-0.39, 0.29) is 28.6 Å². The highest BCUT2D eigenvalue weighted by molar-refractivity contribution is 7.81. The van der Waals surface area contributed by atoms with Crippen molar-refractivity contribution < 1.29 is 51.5 Å². The third kappa shape index (κ3) is 6.85. The number of ether oxygens (including phenoxy) is 3. The van der Waals surface area contributed by atoms with Gasteiger partial charge in [-0.05, 0) is 41.5 Å². The van der Waals surface area contributed by atoms with Gasteiger partial charge in [-0.3, -0.25) is 4.55 Å². The Bertz CT molecular complexity index is 1080. The highest BCUT2D eigenvalue weighted by Crippen LogP contribution is 2.35. The molecule has 32 heavy (non-hydrogen) atoms. The van der Waals surface area contributed by atoms with E-state index in [2.05, 4.69) is 4.18 Å². The van der Waals surface area contributed by atoms with E-state index >= 15 is 0 Å². The van der Waals surface area contributed by atoms with Gasteiger partial charge in [0.15, 0.2) is 29.1 Å². The van der Waals surface area contributed by atoms with E-state index in [1.165, 1.54) is 44.6 Å². The van der Waals surface area contributed by atoms with Crippen molar-refractivity contribution in [2.24, 2.45) is 0 Å². The fourth-order valence-corrected chi connectivity index (χ4v) is 3.05. The van der Waals surface area contributed by atoms with Gasteiger partial charge in [-0.25, -0.2) is 4.79 Å². The molecule has 2 aromatic rings. The first-order valence-corrected chi connectivity index (χ1v) is 10.3. The van der Waals surface area contributed by atoms with E-state index in [9.17, 15) is 23.4 Å². The van der Waals surface area contributed by atoms with Crippen LogP contribution in [0.15, 0.2) is 42.5 Å². The van der Waals surface area contributed by atoms with Crippen LogP contribution in [0.1, 0.15) is 17.2 Å². The van der Waals surface area contributed by atoms with Gasteiger partial charge in [0.2, 0.25) is 0 Å². The standard InChI is InChI=1S/C20H22O11S/c1-28-16-9-12(4-8-19(22)23)3-6-14(16)30-18(11-21)20(24)13-5-7-15(17(10-13)29-2)31-32(25,26)27/h3-10,18,20-21,24H,11H2,1-2H3,(H,22,23)(H,25,26,27)/b8-4+. The number of methoxy groups -OCH3 is 2. The number of benzene rings is 2. The number of aliphatic hydroxyl groups is 2. The van der Waals surface area contributed by atoms with Crippen LogP contribution in [-0.2, 0) is 15.2 Å². The molecule has 2 atom stereocenters. The molecule has 0 bridgehead atoms. The molecular weight excluding hydrogens is 448 g/mol. The number of aliphatic hydroxyl groups excluding tert-OH is 2. The summed E-state index contributed by atoms with van der Waals surface area (Å²) in [6.07, 6.45) is -0.235. The summed E-state index contributed by atoms with van der Waals surface area (Å²) in [6.45, 7) is -0.601. The van der Waals surface area contributed by atoms with Crippen molar-refractivity contribution in [3.63, 3.8) is 0 Å². The summed E-state index contributed by atoms with van der Waals surface area (Å²) in [5.41, 5.74) is 0.723. The predicted molar refractivity (Wildman–Crippen MR) is 111 cm³/mol. The van der Waals surface area contributed by atoms with Crippen molar-refractivity contribution in [1.82, 2.24) is 0 Å². The lowest BCUT2D eigenvalue weighted by atomic mass is 10.0. The molecule has 2 unspecified atom stereocenters. The monoisotopic (exact) mass is 470 g/mol.